The molecule has 0 radical (unpaired) electrons. The molecule has 0 bridgehead atoms. The number of carbonyl (C=O) groups excluding carboxylic acids is 1. The Balaban J connectivity index is 0. The van der Waals surface area contributed by atoms with E-state index in [0.29, 0.717) is 0 Å². The largest absolute Gasteiger partial charge is 0.318 e. The summed E-state index contributed by atoms with van der Waals surface area (Å²) < 4.78 is 0. The smallest absolute Gasteiger partial charge is 0.265 e. The average molecular weight is 183 g/mol. The van der Waals surface area contributed by atoms with Gasteiger partial charge in [0, 0.05) is 7.05 Å². The zero-order valence-electron chi connectivity index (χ0n) is 7.25. The van der Waals surface area contributed by atoms with E-state index in [4.69, 9.17) is 5.73 Å². The lowest BCUT2D eigenvalue weighted by molar-refractivity contribution is -0.173. The minimum atomic E-state index is -0.856. The molecule has 0 heterocycles. The Bertz CT molecular complexity index is 133. The van der Waals surface area contributed by atoms with Crippen molar-refractivity contribution < 1.29 is 9.63 Å². The summed E-state index contributed by atoms with van der Waals surface area (Å²) in [6, 6.07) is 0. The normalized spacial score (nSPS) is 10.3. The fourth-order valence-corrected chi connectivity index (χ4v) is 0.489. The Morgan fingerprint density at radius 1 is 1.55 bits per heavy atom. The van der Waals surface area contributed by atoms with E-state index in [9.17, 15) is 4.79 Å². The molecule has 0 aromatic rings. The second-order valence-corrected chi connectivity index (χ2v) is 2.71. The van der Waals surface area contributed by atoms with Crippen molar-refractivity contribution in [1.82, 2.24) is 5.06 Å². The van der Waals surface area contributed by atoms with Crippen LogP contribution in [0, 0.1) is 0 Å². The predicted molar refractivity (Wildman–Crippen MR) is 45.3 cm³/mol. The van der Waals surface area contributed by atoms with E-state index in [1.165, 1.54) is 14.2 Å². The molecule has 0 unspecified atom stereocenters. The minimum Gasteiger partial charge on any atom is -0.318 e. The van der Waals surface area contributed by atoms with Gasteiger partial charge in [0.2, 0.25) is 0 Å². The highest BCUT2D eigenvalue weighted by Crippen LogP contribution is 2.01. The van der Waals surface area contributed by atoms with Gasteiger partial charge in [-0.3, -0.25) is 9.63 Å². The summed E-state index contributed by atoms with van der Waals surface area (Å²) in [5.74, 6) is -0.241. The molecule has 0 aliphatic rings. The molecule has 0 fully saturated rings. The summed E-state index contributed by atoms with van der Waals surface area (Å²) in [5.41, 5.74) is 4.63. The summed E-state index contributed by atoms with van der Waals surface area (Å²) in [4.78, 5) is 15.7. The highest BCUT2D eigenvalue weighted by Gasteiger charge is 2.25. The average Bonchev–Trinajstić information content (AvgIpc) is 1.83. The fraction of sp³-hybridized carbons (Fsp3) is 0.833. The van der Waals surface area contributed by atoms with Crippen molar-refractivity contribution >= 4 is 18.3 Å². The van der Waals surface area contributed by atoms with Gasteiger partial charge in [-0.2, -0.15) is 0 Å². The predicted octanol–water partition coefficient (Wildman–Crippen LogP) is 0.165. The van der Waals surface area contributed by atoms with Gasteiger partial charge in [-0.25, -0.2) is 5.06 Å². The number of likely N-dealkylation sites (N-methyl/N-ethyl adjacent to an activating group) is 1. The van der Waals surface area contributed by atoms with E-state index in [0.717, 1.165) is 5.06 Å². The van der Waals surface area contributed by atoms with Crippen molar-refractivity contribution in [2.75, 3.05) is 14.2 Å². The highest BCUT2D eigenvalue weighted by molar-refractivity contribution is 5.85. The Kier molecular flexibility index (Phi) is 5.48. The molecule has 11 heavy (non-hydrogen) atoms. The maximum Gasteiger partial charge on any atom is 0.265 e. The number of nitrogens with two attached hydrogens (primary N) is 1. The molecule has 0 saturated heterocycles. The Morgan fingerprint density at radius 3 is 2.00 bits per heavy atom. The molecule has 0 spiro atoms. The maximum atomic E-state index is 11.1. The zero-order chi connectivity index (χ0) is 8.36. The number of rotatable bonds is 2. The summed E-state index contributed by atoms with van der Waals surface area (Å²) >= 11 is 0. The highest BCUT2D eigenvalue weighted by atomic mass is 35.5. The van der Waals surface area contributed by atoms with Crippen LogP contribution in [-0.2, 0) is 9.63 Å². The summed E-state index contributed by atoms with van der Waals surface area (Å²) in [6.07, 6.45) is 0. The van der Waals surface area contributed by atoms with Crippen LogP contribution in [0.25, 0.3) is 0 Å². The van der Waals surface area contributed by atoms with Crippen molar-refractivity contribution in [3.63, 3.8) is 0 Å². The van der Waals surface area contributed by atoms with Gasteiger partial charge in [-0.05, 0) is 13.8 Å². The van der Waals surface area contributed by atoms with E-state index in [2.05, 4.69) is 4.84 Å². The molecule has 2 N–H and O–H groups in total. The first-order valence-corrected chi connectivity index (χ1v) is 3.00. The second-order valence-electron chi connectivity index (χ2n) is 2.71. The molecule has 0 saturated carbocycles. The van der Waals surface area contributed by atoms with Gasteiger partial charge in [0.15, 0.2) is 0 Å². The molecule has 0 aromatic carbocycles. The lowest BCUT2D eigenvalue weighted by Crippen LogP contribution is -2.49. The summed E-state index contributed by atoms with van der Waals surface area (Å²) in [6.45, 7) is 3.26. The van der Waals surface area contributed by atoms with E-state index in [1.807, 2.05) is 0 Å². The van der Waals surface area contributed by atoms with Gasteiger partial charge in [0.1, 0.15) is 0 Å². The molecular formula is C6H15ClN2O2. The van der Waals surface area contributed by atoms with Crippen LogP contribution in [0.15, 0.2) is 0 Å². The molecule has 0 aliphatic carbocycles. The summed E-state index contributed by atoms with van der Waals surface area (Å²) in [7, 11) is 2.95. The van der Waals surface area contributed by atoms with E-state index >= 15 is 0 Å². The molecule has 68 valence electrons. The van der Waals surface area contributed by atoms with Gasteiger partial charge in [-0.1, -0.05) is 0 Å². The number of hydrogen-bond donors (Lipinski definition) is 1. The maximum absolute atomic E-state index is 11.1. The molecule has 0 rings (SSSR count). The standard InChI is InChI=1S/C6H14N2O2.ClH/c1-6(2,7)5(9)8(3)10-4;/h7H2,1-4H3;1H. The molecular weight excluding hydrogens is 168 g/mol. The molecule has 0 aliphatic heterocycles. The number of hydroxylamine groups is 2. The number of nitrogens with zero attached hydrogens (tertiary/aromatic N) is 1. The number of halogens is 1. The van der Waals surface area contributed by atoms with E-state index in [1.54, 1.807) is 13.8 Å². The monoisotopic (exact) mass is 182 g/mol. The summed E-state index contributed by atoms with van der Waals surface area (Å²) in [5, 5.41) is 1.11. The SMILES string of the molecule is CON(C)C(=O)C(C)(C)N.Cl. The van der Waals surface area contributed by atoms with Crippen LogP contribution >= 0.6 is 12.4 Å². The minimum absolute atomic E-state index is 0. The molecule has 1 amide bonds. The first-order chi connectivity index (χ1) is 4.39. The van der Waals surface area contributed by atoms with E-state index in [-0.39, 0.29) is 18.3 Å². The molecule has 0 aromatic heterocycles. The number of carbonyl (C=O) groups is 1. The van der Waals surface area contributed by atoms with Gasteiger partial charge < -0.3 is 5.73 Å². The third-order valence-electron chi connectivity index (χ3n) is 1.11. The Hall–Kier alpha value is -0.320. The number of hydrogen-bond acceptors (Lipinski definition) is 3. The Labute approximate surface area is 73.0 Å². The molecule has 4 nitrogen and oxygen atoms in total. The van der Waals surface area contributed by atoms with Crippen LogP contribution in [0.1, 0.15) is 13.8 Å². The topological polar surface area (TPSA) is 55.6 Å². The van der Waals surface area contributed by atoms with Crippen LogP contribution in [0.2, 0.25) is 0 Å². The molecule has 0 atom stereocenters. The van der Waals surface area contributed by atoms with Gasteiger partial charge in [-0.15, -0.1) is 12.4 Å². The second kappa shape index (κ2) is 4.54. The van der Waals surface area contributed by atoms with Gasteiger partial charge in [0.05, 0.1) is 12.6 Å². The van der Waals surface area contributed by atoms with Crippen molar-refractivity contribution in [1.29, 1.82) is 0 Å². The van der Waals surface area contributed by atoms with Crippen molar-refractivity contribution in [2.45, 2.75) is 19.4 Å². The van der Waals surface area contributed by atoms with Gasteiger partial charge >= 0.3 is 0 Å². The first kappa shape index (κ1) is 13.3. The lowest BCUT2D eigenvalue weighted by Gasteiger charge is -2.23. The number of amides is 1. The quantitative estimate of drug-likeness (QED) is 0.620. The molecule has 5 heteroatoms. The third-order valence-corrected chi connectivity index (χ3v) is 1.11. The van der Waals surface area contributed by atoms with Crippen LogP contribution in [0.3, 0.4) is 0 Å². The lowest BCUT2D eigenvalue weighted by atomic mass is 10.1. The Morgan fingerprint density at radius 2 is 1.91 bits per heavy atom. The van der Waals surface area contributed by atoms with Crippen molar-refractivity contribution in [2.24, 2.45) is 5.73 Å². The van der Waals surface area contributed by atoms with Crippen LogP contribution in [0.5, 0.6) is 0 Å². The van der Waals surface area contributed by atoms with Gasteiger partial charge in [0.25, 0.3) is 5.91 Å². The van der Waals surface area contributed by atoms with Crippen LogP contribution in [0.4, 0.5) is 0 Å². The van der Waals surface area contributed by atoms with Crippen LogP contribution in [-0.4, -0.2) is 30.7 Å². The van der Waals surface area contributed by atoms with Crippen molar-refractivity contribution in [3.05, 3.63) is 0 Å². The van der Waals surface area contributed by atoms with E-state index < -0.39 is 5.54 Å². The zero-order valence-corrected chi connectivity index (χ0v) is 8.07. The van der Waals surface area contributed by atoms with Crippen LogP contribution < -0.4 is 5.73 Å². The fourth-order valence-electron chi connectivity index (χ4n) is 0.489. The first-order valence-electron chi connectivity index (χ1n) is 3.00. The third kappa shape index (κ3) is 4.19. The van der Waals surface area contributed by atoms with Crippen molar-refractivity contribution in [3.8, 4) is 0 Å².